The van der Waals surface area contributed by atoms with Crippen molar-refractivity contribution in [3.05, 3.63) is 12.0 Å². The highest BCUT2D eigenvalue weighted by molar-refractivity contribution is 5.83. The van der Waals surface area contributed by atoms with E-state index in [0.717, 1.165) is 18.0 Å². The van der Waals surface area contributed by atoms with Crippen LogP contribution in [0.1, 0.15) is 21.3 Å². The maximum absolute atomic E-state index is 4.85. The van der Waals surface area contributed by atoms with Crippen LogP contribution >= 0.6 is 0 Å². The van der Waals surface area contributed by atoms with E-state index >= 15 is 0 Å². The lowest BCUT2D eigenvalue weighted by Crippen LogP contribution is -2.04. The van der Waals surface area contributed by atoms with Gasteiger partial charge in [0, 0.05) is 11.4 Å². The summed E-state index contributed by atoms with van der Waals surface area (Å²) >= 11 is 0. The molecule has 2 heterocycles. The summed E-state index contributed by atoms with van der Waals surface area (Å²) in [5.41, 5.74) is 2.21. The minimum Gasteiger partial charge on any atom is -0.479 e. The molecule has 0 fully saturated rings. The van der Waals surface area contributed by atoms with Crippen LogP contribution in [0.2, 0.25) is 0 Å². The standard InChI is InChI=1S/2C4H7NO.CH4/c2*1-4-2-6-3-5-4;/h2-3H2,1H3;2,5H,3H2,1H3;1H4. The van der Waals surface area contributed by atoms with Crippen molar-refractivity contribution in [2.75, 3.05) is 20.1 Å². The molecule has 2 aliphatic rings. The highest BCUT2D eigenvalue weighted by Gasteiger charge is 1.96. The number of ether oxygens (including phenoxy) is 2. The van der Waals surface area contributed by atoms with Crippen LogP contribution in [-0.4, -0.2) is 25.8 Å². The molecule has 0 radical (unpaired) electrons. The first-order chi connectivity index (χ1) is 5.79. The maximum atomic E-state index is 4.85. The zero-order valence-corrected chi connectivity index (χ0v) is 7.46. The molecule has 0 unspecified atom stereocenters. The Morgan fingerprint density at radius 3 is 2.38 bits per heavy atom. The summed E-state index contributed by atoms with van der Waals surface area (Å²) in [6.45, 7) is 5.89. The van der Waals surface area contributed by atoms with Gasteiger partial charge in [0.15, 0.2) is 6.73 Å². The molecule has 0 aromatic rings. The SMILES string of the molecule is C.CC1=COCN1.CC1=NCOC1. The molecule has 0 atom stereocenters. The van der Waals surface area contributed by atoms with Gasteiger partial charge in [-0.1, -0.05) is 7.43 Å². The molecule has 0 aromatic carbocycles. The Bertz CT molecular complexity index is 178. The van der Waals surface area contributed by atoms with Crippen molar-refractivity contribution in [2.24, 2.45) is 4.99 Å². The van der Waals surface area contributed by atoms with Gasteiger partial charge in [0.2, 0.25) is 0 Å². The first-order valence-electron chi connectivity index (χ1n) is 3.89. The highest BCUT2D eigenvalue weighted by Crippen LogP contribution is 1.92. The Morgan fingerprint density at radius 1 is 1.46 bits per heavy atom. The summed E-state index contributed by atoms with van der Waals surface area (Å²) in [6, 6.07) is 0. The molecule has 0 aromatic heterocycles. The average Bonchev–Trinajstić information content (AvgIpc) is 2.63. The molecular weight excluding hydrogens is 168 g/mol. The number of nitrogens with one attached hydrogen (secondary N) is 1. The number of hydrogen-bond acceptors (Lipinski definition) is 4. The van der Waals surface area contributed by atoms with Crippen molar-refractivity contribution in [3.63, 3.8) is 0 Å². The van der Waals surface area contributed by atoms with E-state index in [9.17, 15) is 0 Å². The predicted octanol–water partition coefficient (Wildman–Crippen LogP) is 1.50. The molecule has 0 aliphatic carbocycles. The van der Waals surface area contributed by atoms with Gasteiger partial charge in [0.1, 0.15) is 13.0 Å². The third-order valence-electron chi connectivity index (χ3n) is 1.43. The van der Waals surface area contributed by atoms with Crippen molar-refractivity contribution in [3.8, 4) is 0 Å². The van der Waals surface area contributed by atoms with Gasteiger partial charge in [-0.15, -0.1) is 0 Å². The Morgan fingerprint density at radius 2 is 2.23 bits per heavy atom. The van der Waals surface area contributed by atoms with Crippen LogP contribution in [0.3, 0.4) is 0 Å². The lowest BCUT2D eigenvalue weighted by atomic mass is 10.5. The topological polar surface area (TPSA) is 42.8 Å². The van der Waals surface area contributed by atoms with E-state index in [1.807, 2.05) is 13.8 Å². The third-order valence-corrected chi connectivity index (χ3v) is 1.43. The van der Waals surface area contributed by atoms with E-state index in [-0.39, 0.29) is 7.43 Å². The monoisotopic (exact) mass is 186 g/mol. The quantitative estimate of drug-likeness (QED) is 0.623. The molecule has 2 rings (SSSR count). The van der Waals surface area contributed by atoms with Crippen LogP contribution in [-0.2, 0) is 9.47 Å². The van der Waals surface area contributed by atoms with Crippen LogP contribution in [0.4, 0.5) is 0 Å². The molecule has 13 heavy (non-hydrogen) atoms. The smallest absolute Gasteiger partial charge is 0.158 e. The number of nitrogens with zero attached hydrogens (tertiary/aromatic N) is 1. The minimum absolute atomic E-state index is 0. The van der Waals surface area contributed by atoms with Crippen LogP contribution < -0.4 is 5.32 Å². The molecule has 2 aliphatic heterocycles. The van der Waals surface area contributed by atoms with Gasteiger partial charge >= 0.3 is 0 Å². The maximum Gasteiger partial charge on any atom is 0.158 e. The fourth-order valence-corrected chi connectivity index (χ4v) is 0.759. The Hall–Kier alpha value is -1.03. The van der Waals surface area contributed by atoms with E-state index < -0.39 is 0 Å². The zero-order valence-electron chi connectivity index (χ0n) is 7.46. The molecule has 0 bridgehead atoms. The molecule has 0 amide bonds. The van der Waals surface area contributed by atoms with E-state index in [1.54, 1.807) is 6.26 Å². The van der Waals surface area contributed by atoms with Crippen molar-refractivity contribution >= 4 is 5.71 Å². The summed E-state index contributed by atoms with van der Waals surface area (Å²) in [7, 11) is 0. The van der Waals surface area contributed by atoms with Crippen LogP contribution in [0.15, 0.2) is 17.0 Å². The highest BCUT2D eigenvalue weighted by atomic mass is 16.5. The van der Waals surface area contributed by atoms with Crippen LogP contribution in [0, 0.1) is 0 Å². The fraction of sp³-hybridized carbons (Fsp3) is 0.667. The minimum atomic E-state index is 0. The van der Waals surface area contributed by atoms with Gasteiger partial charge < -0.3 is 14.8 Å². The first-order valence-corrected chi connectivity index (χ1v) is 3.89. The van der Waals surface area contributed by atoms with Crippen molar-refractivity contribution in [1.82, 2.24) is 5.32 Å². The second kappa shape index (κ2) is 6.48. The van der Waals surface area contributed by atoms with Crippen LogP contribution in [0.25, 0.3) is 0 Å². The summed E-state index contributed by atoms with van der Waals surface area (Å²) in [4.78, 5) is 3.93. The van der Waals surface area contributed by atoms with Gasteiger partial charge in [-0.2, -0.15) is 0 Å². The lowest BCUT2D eigenvalue weighted by Gasteiger charge is -1.86. The summed E-state index contributed by atoms with van der Waals surface area (Å²) < 4.78 is 9.64. The lowest BCUT2D eigenvalue weighted by molar-refractivity contribution is 0.202. The predicted molar refractivity (Wildman–Crippen MR) is 53.5 cm³/mol. The van der Waals surface area contributed by atoms with Gasteiger partial charge in [-0.05, 0) is 13.8 Å². The Kier molecular flexibility index (Phi) is 5.97. The summed E-state index contributed by atoms with van der Waals surface area (Å²) in [5.74, 6) is 0. The summed E-state index contributed by atoms with van der Waals surface area (Å²) in [6.07, 6.45) is 1.71. The van der Waals surface area contributed by atoms with Gasteiger partial charge in [-0.25, -0.2) is 0 Å². The molecule has 0 saturated carbocycles. The molecule has 76 valence electrons. The molecule has 0 saturated heterocycles. The average molecular weight is 186 g/mol. The van der Waals surface area contributed by atoms with E-state index in [0.29, 0.717) is 13.5 Å². The van der Waals surface area contributed by atoms with Gasteiger partial charge in [0.05, 0.1) is 6.61 Å². The second-order valence-corrected chi connectivity index (χ2v) is 2.66. The van der Waals surface area contributed by atoms with Crippen molar-refractivity contribution in [2.45, 2.75) is 21.3 Å². The van der Waals surface area contributed by atoms with E-state index in [1.165, 1.54) is 0 Å². The largest absolute Gasteiger partial charge is 0.479 e. The Labute approximate surface area is 79.6 Å². The molecule has 1 N–H and O–H groups in total. The number of hydrogen-bond donors (Lipinski definition) is 1. The zero-order chi connectivity index (χ0) is 8.81. The normalized spacial score (nSPS) is 18.3. The van der Waals surface area contributed by atoms with Gasteiger partial charge in [-0.3, -0.25) is 4.99 Å². The number of aliphatic imine (C=N–C) groups is 1. The first kappa shape index (κ1) is 12.0. The third kappa shape index (κ3) is 5.25. The second-order valence-electron chi connectivity index (χ2n) is 2.66. The van der Waals surface area contributed by atoms with E-state index in [2.05, 4.69) is 10.3 Å². The Balaban J connectivity index is 0.000000206. The van der Waals surface area contributed by atoms with Crippen molar-refractivity contribution in [1.29, 1.82) is 0 Å². The van der Waals surface area contributed by atoms with Crippen molar-refractivity contribution < 1.29 is 9.47 Å². The molecule has 0 spiro atoms. The molecule has 4 heteroatoms. The summed E-state index contributed by atoms with van der Waals surface area (Å²) in [5, 5.41) is 2.96. The van der Waals surface area contributed by atoms with Crippen LogP contribution in [0.5, 0.6) is 0 Å². The van der Waals surface area contributed by atoms with Gasteiger partial charge in [0.25, 0.3) is 0 Å². The number of rotatable bonds is 0. The number of allylic oxidation sites excluding steroid dienone is 1. The molecule has 4 nitrogen and oxygen atoms in total. The fourth-order valence-electron chi connectivity index (χ4n) is 0.759. The van der Waals surface area contributed by atoms with E-state index in [4.69, 9.17) is 9.47 Å². The molecular formula is C9H18N2O2.